The molecule has 0 saturated heterocycles. The van der Waals surface area contributed by atoms with E-state index in [2.05, 4.69) is 74.5 Å². The summed E-state index contributed by atoms with van der Waals surface area (Å²) in [7, 11) is 14.1. The minimum Gasteiger partial charge on any atom is -0.0714 e. The van der Waals surface area contributed by atoms with Crippen LogP contribution in [-0.4, -0.2) is 0 Å². The molecule has 2 aromatic carbocycles. The van der Waals surface area contributed by atoms with E-state index in [0.29, 0.717) is 0 Å². The quantitative estimate of drug-likeness (QED) is 0.145. The van der Waals surface area contributed by atoms with Crippen LogP contribution in [0.3, 0.4) is 0 Å². The third-order valence-electron chi connectivity index (χ3n) is 4.17. The summed E-state index contributed by atoms with van der Waals surface area (Å²) in [5.74, 6) is 0. The molecule has 4 heteroatoms. The van der Waals surface area contributed by atoms with Crippen molar-refractivity contribution < 1.29 is 13.5 Å². The molecule has 2 aromatic rings. The van der Waals surface area contributed by atoms with Crippen molar-refractivity contribution >= 4 is 27.6 Å². The molecule has 0 fully saturated rings. The first-order valence-electron chi connectivity index (χ1n) is 10.3. The van der Waals surface area contributed by atoms with Gasteiger partial charge in [0.2, 0.25) is 0 Å². The average molecular weight is 533 g/mol. The van der Waals surface area contributed by atoms with Crippen molar-refractivity contribution in [1.29, 1.82) is 0 Å². The Morgan fingerprint density at radius 3 is 1.39 bits per heavy atom. The molecular weight excluding hydrogens is 497 g/mol. The van der Waals surface area contributed by atoms with Gasteiger partial charge in [0.05, 0.1) is 0 Å². The van der Waals surface area contributed by atoms with Gasteiger partial charge in [-0.1, -0.05) is 69.2 Å². The summed E-state index contributed by atoms with van der Waals surface area (Å²) in [6.45, 7) is 4.42. The van der Waals surface area contributed by atoms with E-state index in [1.165, 1.54) is 58.2 Å². The van der Waals surface area contributed by atoms with Crippen LogP contribution in [0.5, 0.6) is 0 Å². The molecule has 0 nitrogen and oxygen atoms in total. The predicted octanol–water partition coefficient (Wildman–Crippen LogP) is 10.00. The zero-order valence-corrected chi connectivity index (χ0v) is 21.3. The minimum absolute atomic E-state index is 1.10. The van der Waals surface area contributed by atoms with E-state index >= 15 is 0 Å². The fourth-order valence-electron chi connectivity index (χ4n) is 2.55. The van der Waals surface area contributed by atoms with E-state index in [0.717, 1.165) is 22.1 Å². The molecule has 0 saturated carbocycles. The molecule has 0 N–H and O–H groups in total. The third kappa shape index (κ3) is 14.2. The zero-order chi connectivity index (χ0) is 20.5. The second-order valence-corrected chi connectivity index (χ2v) is 18.2. The largest absolute Gasteiger partial charge is 0.0714 e. The number of hydrogen-bond donors (Lipinski definition) is 0. The Labute approximate surface area is 186 Å². The van der Waals surface area contributed by atoms with Gasteiger partial charge >= 0.3 is 94.7 Å². The third-order valence-corrected chi connectivity index (χ3v) is 11.5. The van der Waals surface area contributed by atoms with Crippen LogP contribution in [-0.2, 0) is 25.8 Å². The van der Waals surface area contributed by atoms with Crippen molar-refractivity contribution in [3.8, 4) is 0 Å². The molecule has 0 unspecified atom stereocenters. The average Bonchev–Trinajstić information content (AvgIpc) is 2.70. The van der Waals surface area contributed by atoms with Gasteiger partial charge in [0.15, 0.2) is 0 Å². The molecule has 0 aromatic heterocycles. The SMILES string of the molecule is CCCC[CH2][Pd]([Cl])([Cl])[CH2]CCCC.c1ccc(C[P]Cc2ccccc2)cc1. The minimum atomic E-state index is -1.94. The van der Waals surface area contributed by atoms with Gasteiger partial charge < -0.3 is 0 Å². The van der Waals surface area contributed by atoms with Crippen molar-refractivity contribution in [3.63, 3.8) is 0 Å². The molecule has 0 heterocycles. The van der Waals surface area contributed by atoms with E-state index in [4.69, 9.17) is 19.1 Å². The topological polar surface area (TPSA) is 0 Å². The normalized spacial score (nSPS) is 11.6. The van der Waals surface area contributed by atoms with Gasteiger partial charge in [-0.05, 0) is 23.5 Å². The fourth-order valence-corrected chi connectivity index (χ4v) is 8.37. The molecule has 2 rings (SSSR count). The Balaban J connectivity index is 0.000000284. The summed E-state index contributed by atoms with van der Waals surface area (Å²) >= 11 is -1.94. The van der Waals surface area contributed by atoms with Crippen LogP contribution in [0.15, 0.2) is 60.7 Å². The molecule has 0 amide bonds. The summed E-state index contributed by atoms with van der Waals surface area (Å²) in [6, 6.07) is 21.3. The molecule has 161 valence electrons. The van der Waals surface area contributed by atoms with E-state index in [1.54, 1.807) is 0 Å². The smallest absolute Gasteiger partial charge is 0.00311 e. The summed E-state index contributed by atoms with van der Waals surface area (Å²) in [5.41, 5.74) is 2.85. The first-order chi connectivity index (χ1) is 13.6. The summed E-state index contributed by atoms with van der Waals surface area (Å²) in [4.78, 5) is 2.20. The molecule has 0 bridgehead atoms. The van der Waals surface area contributed by atoms with Gasteiger partial charge in [-0.3, -0.25) is 0 Å². The van der Waals surface area contributed by atoms with Crippen molar-refractivity contribution in [2.75, 3.05) is 0 Å². The van der Waals surface area contributed by atoms with Crippen LogP contribution in [0.1, 0.15) is 63.5 Å². The van der Waals surface area contributed by atoms with Gasteiger partial charge in [0.25, 0.3) is 0 Å². The Bertz CT molecular complexity index is 539. The van der Waals surface area contributed by atoms with Crippen LogP contribution >= 0.6 is 27.6 Å². The number of halogens is 2. The van der Waals surface area contributed by atoms with E-state index < -0.39 is 13.5 Å². The molecule has 0 aliphatic heterocycles. The number of benzene rings is 2. The number of unbranched alkanes of at least 4 members (excludes halogenated alkanes) is 4. The maximum atomic E-state index is 6.32. The molecule has 0 atom stereocenters. The van der Waals surface area contributed by atoms with Gasteiger partial charge in [-0.15, -0.1) is 0 Å². The number of rotatable bonds is 12. The molecule has 0 aliphatic rings. The van der Waals surface area contributed by atoms with Crippen molar-refractivity contribution in [2.45, 2.75) is 74.5 Å². The van der Waals surface area contributed by atoms with Crippen LogP contribution < -0.4 is 0 Å². The Morgan fingerprint density at radius 1 is 0.643 bits per heavy atom. The van der Waals surface area contributed by atoms with E-state index in [9.17, 15) is 0 Å². The monoisotopic (exact) mass is 531 g/mol. The number of hydrogen-bond acceptors (Lipinski definition) is 0. The van der Waals surface area contributed by atoms with Crippen LogP contribution in [0, 0.1) is 0 Å². The van der Waals surface area contributed by atoms with Gasteiger partial charge in [-0.2, -0.15) is 0 Å². The first-order valence-corrected chi connectivity index (χ1v) is 17.7. The van der Waals surface area contributed by atoms with Crippen molar-refractivity contribution in [2.24, 2.45) is 0 Å². The second kappa shape index (κ2) is 16.9. The van der Waals surface area contributed by atoms with E-state index in [1.807, 2.05) is 0 Å². The van der Waals surface area contributed by atoms with Gasteiger partial charge in [0.1, 0.15) is 0 Å². The van der Waals surface area contributed by atoms with Gasteiger partial charge in [-0.25, -0.2) is 0 Å². The Hall–Kier alpha value is 0.112. The van der Waals surface area contributed by atoms with E-state index in [-0.39, 0.29) is 0 Å². The second-order valence-electron chi connectivity index (χ2n) is 6.78. The molecule has 1 radical (unpaired) electrons. The van der Waals surface area contributed by atoms with Crippen LogP contribution in [0.2, 0.25) is 9.79 Å². The maximum Gasteiger partial charge on any atom is -0.00311 e. The standard InChI is InChI=1S/C14H14P.2C5H11.2ClH.Pd/c1-3-7-13(8-4-1)11-15-12-14-9-5-2-6-10-14;2*1-3-5-4-2;;;/h1-10H,11-12H2;2*1,3-5H2,2H3;2*1H;/q;;;;;+2/p-2. The molecule has 0 aliphatic carbocycles. The van der Waals surface area contributed by atoms with Crippen molar-refractivity contribution in [3.05, 3.63) is 71.8 Å². The van der Waals surface area contributed by atoms with Crippen LogP contribution in [0.4, 0.5) is 0 Å². The summed E-state index contributed by atoms with van der Waals surface area (Å²) < 4.78 is 0. The summed E-state index contributed by atoms with van der Waals surface area (Å²) in [5, 5.41) is 0. The summed E-state index contributed by atoms with van der Waals surface area (Å²) in [6.07, 6.45) is 9.84. The molecule has 28 heavy (non-hydrogen) atoms. The Morgan fingerprint density at radius 2 is 1.04 bits per heavy atom. The predicted molar refractivity (Wildman–Crippen MR) is 128 cm³/mol. The first kappa shape index (κ1) is 26.1. The zero-order valence-electron chi connectivity index (χ0n) is 17.4. The van der Waals surface area contributed by atoms with Gasteiger partial charge in [0, 0.05) is 0 Å². The Kier molecular flexibility index (Phi) is 15.7. The van der Waals surface area contributed by atoms with Crippen molar-refractivity contribution in [1.82, 2.24) is 0 Å². The fraction of sp³-hybridized carbons (Fsp3) is 0.500. The molecular formula is C24H36Cl2PPd. The maximum absolute atomic E-state index is 6.32. The van der Waals surface area contributed by atoms with Crippen LogP contribution in [0.25, 0.3) is 0 Å². The molecule has 0 spiro atoms.